The highest BCUT2D eigenvalue weighted by atomic mass is 16.5. The summed E-state index contributed by atoms with van der Waals surface area (Å²) in [5, 5.41) is 3.15. The third-order valence-corrected chi connectivity index (χ3v) is 7.55. The van der Waals surface area contributed by atoms with Crippen LogP contribution in [0, 0.1) is 5.92 Å². The standard InChI is InChI=1S/C31H35NO4/c1-34-28-15-13-23(19-27(28)22-8-4-3-5-9-22)25-18-24(31(33)32-20-25)16-21-12-14-29(30(17-21)35-2)36-26-10-6-7-11-26/h3-5,8-9,12-15,17,19,24-26H,6-7,10-11,16,18,20H2,1-2H3,(H,32,33)/t24?,25-/m1/s1. The Morgan fingerprint density at radius 2 is 1.61 bits per heavy atom. The molecule has 5 rings (SSSR count). The second kappa shape index (κ2) is 11.1. The molecule has 5 nitrogen and oxygen atoms in total. The Morgan fingerprint density at radius 3 is 2.36 bits per heavy atom. The van der Waals surface area contributed by atoms with E-state index in [1.807, 2.05) is 36.4 Å². The molecule has 3 aromatic carbocycles. The van der Waals surface area contributed by atoms with E-state index in [0.717, 1.165) is 53.2 Å². The molecule has 2 fully saturated rings. The van der Waals surface area contributed by atoms with Crippen LogP contribution in [0.1, 0.15) is 49.1 Å². The number of hydrogen-bond donors (Lipinski definition) is 1. The molecule has 1 saturated carbocycles. The maximum Gasteiger partial charge on any atom is 0.223 e. The minimum absolute atomic E-state index is 0.0997. The van der Waals surface area contributed by atoms with E-state index in [1.54, 1.807) is 14.2 Å². The highest BCUT2D eigenvalue weighted by Crippen LogP contribution is 2.37. The summed E-state index contributed by atoms with van der Waals surface area (Å²) in [5.74, 6) is 2.66. The Bertz CT molecular complexity index is 1190. The molecule has 188 valence electrons. The molecule has 36 heavy (non-hydrogen) atoms. The van der Waals surface area contributed by atoms with Gasteiger partial charge in [0.1, 0.15) is 5.75 Å². The van der Waals surface area contributed by atoms with Crippen LogP contribution in [-0.4, -0.2) is 32.8 Å². The molecule has 1 unspecified atom stereocenters. The third kappa shape index (κ3) is 5.35. The van der Waals surface area contributed by atoms with Crippen molar-refractivity contribution in [3.8, 4) is 28.4 Å². The van der Waals surface area contributed by atoms with E-state index in [0.29, 0.717) is 13.0 Å². The van der Waals surface area contributed by atoms with Crippen molar-refractivity contribution < 1.29 is 19.0 Å². The topological polar surface area (TPSA) is 56.8 Å². The predicted molar refractivity (Wildman–Crippen MR) is 142 cm³/mol. The number of carbonyl (C=O) groups is 1. The van der Waals surface area contributed by atoms with Gasteiger partial charge in [-0.3, -0.25) is 4.79 Å². The summed E-state index contributed by atoms with van der Waals surface area (Å²) < 4.78 is 17.5. The number of nitrogens with one attached hydrogen (secondary N) is 1. The number of amides is 1. The summed E-state index contributed by atoms with van der Waals surface area (Å²) in [5.41, 5.74) is 4.51. The Kier molecular flexibility index (Phi) is 7.45. The van der Waals surface area contributed by atoms with Gasteiger partial charge < -0.3 is 19.5 Å². The van der Waals surface area contributed by atoms with Crippen LogP contribution in [0.25, 0.3) is 11.1 Å². The van der Waals surface area contributed by atoms with Gasteiger partial charge in [0.25, 0.3) is 0 Å². The van der Waals surface area contributed by atoms with E-state index >= 15 is 0 Å². The van der Waals surface area contributed by atoms with Gasteiger partial charge in [0, 0.05) is 23.9 Å². The highest BCUT2D eigenvalue weighted by molar-refractivity contribution is 5.80. The lowest BCUT2D eigenvalue weighted by atomic mass is 9.81. The average molecular weight is 486 g/mol. The van der Waals surface area contributed by atoms with Crippen LogP contribution in [-0.2, 0) is 11.2 Å². The van der Waals surface area contributed by atoms with Gasteiger partial charge >= 0.3 is 0 Å². The van der Waals surface area contributed by atoms with Gasteiger partial charge in [-0.2, -0.15) is 0 Å². The number of carbonyl (C=O) groups excluding carboxylic acids is 1. The van der Waals surface area contributed by atoms with Crippen molar-refractivity contribution in [2.75, 3.05) is 20.8 Å². The van der Waals surface area contributed by atoms with Gasteiger partial charge in [0.05, 0.1) is 20.3 Å². The molecule has 1 aliphatic carbocycles. The number of benzene rings is 3. The van der Waals surface area contributed by atoms with E-state index < -0.39 is 0 Å². The maximum atomic E-state index is 12.8. The summed E-state index contributed by atoms with van der Waals surface area (Å²) in [6.07, 6.45) is 6.41. The normalized spacial score (nSPS) is 20.1. The maximum absolute atomic E-state index is 12.8. The molecule has 1 amide bonds. The lowest BCUT2D eigenvalue weighted by Gasteiger charge is -2.30. The van der Waals surface area contributed by atoms with Crippen LogP contribution in [0.3, 0.4) is 0 Å². The van der Waals surface area contributed by atoms with E-state index in [4.69, 9.17) is 14.2 Å². The zero-order chi connectivity index (χ0) is 24.9. The summed E-state index contributed by atoms with van der Waals surface area (Å²) in [4.78, 5) is 12.8. The zero-order valence-corrected chi connectivity index (χ0v) is 21.2. The first-order valence-electron chi connectivity index (χ1n) is 13.0. The molecule has 0 spiro atoms. The van der Waals surface area contributed by atoms with E-state index in [2.05, 4.69) is 35.6 Å². The molecule has 0 bridgehead atoms. The molecule has 2 aliphatic rings. The molecule has 5 heteroatoms. The number of piperidine rings is 1. The molecule has 3 aromatic rings. The monoisotopic (exact) mass is 485 g/mol. The van der Waals surface area contributed by atoms with E-state index in [9.17, 15) is 4.79 Å². The van der Waals surface area contributed by atoms with Gasteiger partial charge in [-0.25, -0.2) is 0 Å². The van der Waals surface area contributed by atoms with E-state index in [-0.39, 0.29) is 23.8 Å². The largest absolute Gasteiger partial charge is 0.496 e. The molecule has 2 atom stereocenters. The van der Waals surface area contributed by atoms with E-state index in [1.165, 1.54) is 18.4 Å². The summed E-state index contributed by atoms with van der Waals surface area (Å²) in [6, 6.07) is 22.8. The van der Waals surface area contributed by atoms with Crippen LogP contribution in [0.15, 0.2) is 66.7 Å². The lowest BCUT2D eigenvalue weighted by Crippen LogP contribution is -2.41. The third-order valence-electron chi connectivity index (χ3n) is 7.55. The van der Waals surface area contributed by atoms with Crippen molar-refractivity contribution in [3.63, 3.8) is 0 Å². The fourth-order valence-electron chi connectivity index (χ4n) is 5.56. The molecular formula is C31H35NO4. The van der Waals surface area contributed by atoms with Crippen LogP contribution >= 0.6 is 0 Å². The van der Waals surface area contributed by atoms with Crippen molar-refractivity contribution in [1.82, 2.24) is 5.32 Å². The molecule has 1 aliphatic heterocycles. The Morgan fingerprint density at radius 1 is 0.861 bits per heavy atom. The second-order valence-electron chi connectivity index (χ2n) is 9.91. The van der Waals surface area contributed by atoms with Crippen molar-refractivity contribution in [2.45, 2.75) is 50.5 Å². The Hall–Kier alpha value is -3.47. The predicted octanol–water partition coefficient (Wildman–Crippen LogP) is 6.15. The van der Waals surface area contributed by atoms with Gasteiger partial charge in [-0.05, 0) is 79.5 Å². The summed E-state index contributed by atoms with van der Waals surface area (Å²) >= 11 is 0. The quantitative estimate of drug-likeness (QED) is 0.416. The SMILES string of the molecule is COc1cc(CC2C[C@@H](c3ccc(OC)c(-c4ccccc4)c3)CNC2=O)ccc1OC1CCCC1. The van der Waals surface area contributed by atoms with Gasteiger partial charge in [-0.15, -0.1) is 0 Å². The molecule has 1 saturated heterocycles. The second-order valence-corrected chi connectivity index (χ2v) is 9.91. The van der Waals surface area contributed by atoms with Crippen LogP contribution in [0.2, 0.25) is 0 Å². The van der Waals surface area contributed by atoms with Gasteiger partial charge in [0.15, 0.2) is 11.5 Å². The number of ether oxygens (including phenoxy) is 3. The highest BCUT2D eigenvalue weighted by Gasteiger charge is 2.30. The Balaban J connectivity index is 1.32. The minimum atomic E-state index is -0.0997. The summed E-state index contributed by atoms with van der Waals surface area (Å²) in [6.45, 7) is 0.646. The van der Waals surface area contributed by atoms with Crippen molar-refractivity contribution in [3.05, 3.63) is 77.9 Å². The molecular weight excluding hydrogens is 450 g/mol. The first kappa shape index (κ1) is 24.2. The minimum Gasteiger partial charge on any atom is -0.496 e. The van der Waals surface area contributed by atoms with Crippen molar-refractivity contribution >= 4 is 5.91 Å². The first-order chi connectivity index (χ1) is 17.6. The molecule has 0 aromatic heterocycles. The molecule has 0 radical (unpaired) electrons. The molecule has 1 N–H and O–H groups in total. The van der Waals surface area contributed by atoms with Crippen molar-refractivity contribution in [2.24, 2.45) is 5.92 Å². The first-order valence-corrected chi connectivity index (χ1v) is 13.0. The number of hydrogen-bond acceptors (Lipinski definition) is 4. The number of rotatable bonds is 8. The number of methoxy groups -OCH3 is 2. The fourth-order valence-corrected chi connectivity index (χ4v) is 5.56. The Labute approximate surface area is 213 Å². The van der Waals surface area contributed by atoms with Gasteiger partial charge in [0.2, 0.25) is 5.91 Å². The van der Waals surface area contributed by atoms with Crippen LogP contribution < -0.4 is 19.5 Å². The van der Waals surface area contributed by atoms with Crippen LogP contribution in [0.5, 0.6) is 17.2 Å². The fraction of sp³-hybridized carbons (Fsp3) is 0.387. The van der Waals surface area contributed by atoms with Crippen molar-refractivity contribution in [1.29, 1.82) is 0 Å². The lowest BCUT2D eigenvalue weighted by molar-refractivity contribution is -0.126. The molecule has 1 heterocycles. The smallest absolute Gasteiger partial charge is 0.223 e. The zero-order valence-electron chi connectivity index (χ0n) is 21.2. The summed E-state index contributed by atoms with van der Waals surface area (Å²) in [7, 11) is 3.38. The van der Waals surface area contributed by atoms with Gasteiger partial charge in [-0.1, -0.05) is 42.5 Å². The average Bonchev–Trinajstić information content (AvgIpc) is 3.44. The van der Waals surface area contributed by atoms with Crippen LogP contribution in [0.4, 0.5) is 0 Å².